The van der Waals surface area contributed by atoms with Crippen LogP contribution in [0, 0.1) is 13.8 Å². The molecule has 0 unspecified atom stereocenters. The Morgan fingerprint density at radius 2 is 1.58 bits per heavy atom. The van der Waals surface area contributed by atoms with Gasteiger partial charge < -0.3 is 4.74 Å². The molecule has 3 rings (SSSR count). The molecule has 0 saturated carbocycles. The zero-order valence-electron chi connectivity index (χ0n) is 15.2. The minimum Gasteiger partial charge on any atom is -0.464 e. The van der Waals surface area contributed by atoms with E-state index < -0.39 is 17.9 Å². The highest BCUT2D eigenvalue weighted by Crippen LogP contribution is 2.29. The number of ketones is 1. The first-order valence-electron chi connectivity index (χ1n) is 8.69. The van der Waals surface area contributed by atoms with E-state index in [1.165, 1.54) is 0 Å². The highest BCUT2D eigenvalue weighted by molar-refractivity contribution is 6.48. The molecule has 0 bridgehead atoms. The minimum atomic E-state index is -0.706. The Kier molecular flexibility index (Phi) is 5.16. The topological polar surface area (TPSA) is 67.8 Å². The molecule has 5 nitrogen and oxygen atoms in total. The van der Waals surface area contributed by atoms with Crippen LogP contribution in [0.2, 0.25) is 0 Å². The molecule has 0 saturated heterocycles. The summed E-state index contributed by atoms with van der Waals surface area (Å²) in [5.41, 5.74) is 6.73. The monoisotopic (exact) mass is 350 g/mol. The van der Waals surface area contributed by atoms with E-state index in [0.29, 0.717) is 11.3 Å². The molecule has 0 fully saturated rings. The lowest BCUT2D eigenvalue weighted by Crippen LogP contribution is -2.38. The maximum atomic E-state index is 13.0. The average molecular weight is 350 g/mol. The smallest absolute Gasteiger partial charge is 0.331 e. The zero-order chi connectivity index (χ0) is 18.7. The number of Topliss-reactive ketones (excluding diaryl/α,β-unsaturated/α-hetero) is 1. The van der Waals surface area contributed by atoms with E-state index in [0.717, 1.165) is 16.7 Å². The lowest BCUT2D eigenvalue weighted by Gasteiger charge is -2.19. The first kappa shape index (κ1) is 17.9. The molecule has 1 N–H and O–H groups in total. The number of carbonyl (C=O) groups is 2. The molecule has 1 heterocycles. The maximum Gasteiger partial charge on any atom is 0.331 e. The van der Waals surface area contributed by atoms with Crippen molar-refractivity contribution in [1.82, 2.24) is 5.43 Å². The molecule has 26 heavy (non-hydrogen) atoms. The van der Waals surface area contributed by atoms with Crippen molar-refractivity contribution < 1.29 is 14.3 Å². The predicted octanol–water partition coefficient (Wildman–Crippen LogP) is 3.16. The van der Waals surface area contributed by atoms with Crippen LogP contribution < -0.4 is 5.43 Å². The number of rotatable bonds is 5. The van der Waals surface area contributed by atoms with Gasteiger partial charge in [-0.1, -0.05) is 59.7 Å². The summed E-state index contributed by atoms with van der Waals surface area (Å²) in [6.45, 7) is 5.99. The molecule has 0 aromatic heterocycles. The number of esters is 1. The van der Waals surface area contributed by atoms with Gasteiger partial charge >= 0.3 is 5.97 Å². The highest BCUT2D eigenvalue weighted by Gasteiger charge is 2.41. The van der Waals surface area contributed by atoms with Crippen LogP contribution in [-0.4, -0.2) is 30.1 Å². The van der Waals surface area contributed by atoms with Gasteiger partial charge in [0, 0.05) is 5.56 Å². The van der Waals surface area contributed by atoms with Gasteiger partial charge in [-0.05, 0) is 26.3 Å². The van der Waals surface area contributed by atoms with Crippen LogP contribution in [0.15, 0.2) is 53.6 Å². The van der Waals surface area contributed by atoms with Gasteiger partial charge in [-0.25, -0.2) is 4.79 Å². The number of benzene rings is 2. The summed E-state index contributed by atoms with van der Waals surface area (Å²) in [6, 6.07) is 14.4. The number of carbonyl (C=O) groups excluding carboxylic acids is 2. The number of aryl methyl sites for hydroxylation is 2. The fourth-order valence-corrected chi connectivity index (χ4v) is 3.03. The molecule has 2 atom stereocenters. The molecule has 2 aromatic rings. The summed E-state index contributed by atoms with van der Waals surface area (Å²) in [5, 5.41) is 4.22. The predicted molar refractivity (Wildman–Crippen MR) is 100 cm³/mol. The Labute approximate surface area is 153 Å². The van der Waals surface area contributed by atoms with Gasteiger partial charge in [0.05, 0.1) is 12.5 Å². The fraction of sp³-hybridized carbons (Fsp3) is 0.286. The second-order valence-corrected chi connectivity index (χ2v) is 6.44. The fourth-order valence-electron chi connectivity index (χ4n) is 3.03. The maximum absolute atomic E-state index is 13.0. The highest BCUT2D eigenvalue weighted by atomic mass is 16.5. The number of hydrogen-bond acceptors (Lipinski definition) is 5. The summed E-state index contributed by atoms with van der Waals surface area (Å²) in [5.74, 6) is -1.08. The molecular weight excluding hydrogens is 328 g/mol. The van der Waals surface area contributed by atoms with E-state index in [1.807, 2.05) is 50.2 Å². The SMILES string of the molecule is CCOC(=O)[C@H]1NN=C(C(=O)c2ccc(C)cc2)[C@@H]1c1ccc(C)cc1. The lowest BCUT2D eigenvalue weighted by molar-refractivity contribution is -0.145. The van der Waals surface area contributed by atoms with Gasteiger partial charge in [0.15, 0.2) is 6.04 Å². The standard InChI is InChI=1S/C21H22N2O3/c1-4-26-21(25)19-17(15-9-5-13(2)6-10-15)18(22-23-19)20(24)16-11-7-14(3)8-12-16/h5-12,17,19,23H,4H2,1-3H3/t17-,19-/m0/s1. The van der Waals surface area contributed by atoms with E-state index in [-0.39, 0.29) is 12.4 Å². The van der Waals surface area contributed by atoms with Crippen LogP contribution in [0.25, 0.3) is 0 Å². The van der Waals surface area contributed by atoms with Gasteiger partial charge in [0.2, 0.25) is 5.78 Å². The number of nitrogens with zero attached hydrogens (tertiary/aromatic N) is 1. The number of ether oxygens (including phenoxy) is 1. The van der Waals surface area contributed by atoms with Gasteiger partial charge in [-0.2, -0.15) is 5.10 Å². The van der Waals surface area contributed by atoms with Crippen LogP contribution in [0.3, 0.4) is 0 Å². The molecule has 0 radical (unpaired) electrons. The van der Waals surface area contributed by atoms with Crippen LogP contribution >= 0.6 is 0 Å². The van der Waals surface area contributed by atoms with E-state index in [9.17, 15) is 9.59 Å². The first-order chi connectivity index (χ1) is 12.5. The van der Waals surface area contributed by atoms with Gasteiger partial charge in [-0.15, -0.1) is 0 Å². The third-order valence-electron chi connectivity index (χ3n) is 4.48. The molecule has 0 aliphatic carbocycles. The Morgan fingerprint density at radius 1 is 1.00 bits per heavy atom. The normalized spacial score (nSPS) is 18.8. The second-order valence-electron chi connectivity index (χ2n) is 6.44. The summed E-state index contributed by atoms with van der Waals surface area (Å²) in [4.78, 5) is 25.4. The second kappa shape index (κ2) is 7.52. The van der Waals surface area contributed by atoms with Crippen LogP contribution in [0.4, 0.5) is 0 Å². The quantitative estimate of drug-likeness (QED) is 0.664. The third-order valence-corrected chi connectivity index (χ3v) is 4.48. The van der Waals surface area contributed by atoms with Crippen LogP contribution in [-0.2, 0) is 9.53 Å². The average Bonchev–Trinajstić information content (AvgIpc) is 3.08. The van der Waals surface area contributed by atoms with Crippen molar-refractivity contribution in [2.24, 2.45) is 5.10 Å². The number of nitrogens with one attached hydrogen (secondary N) is 1. The summed E-state index contributed by atoms with van der Waals surface area (Å²) in [7, 11) is 0. The van der Waals surface area contributed by atoms with Crippen LogP contribution in [0.1, 0.15) is 39.9 Å². The van der Waals surface area contributed by atoms with Gasteiger partial charge in [0.25, 0.3) is 0 Å². The third kappa shape index (κ3) is 3.52. The van der Waals surface area contributed by atoms with Crippen molar-refractivity contribution in [3.05, 3.63) is 70.8 Å². The molecule has 1 aliphatic rings. The van der Waals surface area contributed by atoms with Crippen LogP contribution in [0.5, 0.6) is 0 Å². The zero-order valence-corrected chi connectivity index (χ0v) is 15.2. The molecule has 1 aliphatic heterocycles. The molecule has 5 heteroatoms. The summed E-state index contributed by atoms with van der Waals surface area (Å²) >= 11 is 0. The molecule has 134 valence electrons. The molecule has 0 spiro atoms. The minimum absolute atomic E-state index is 0.185. The van der Waals surface area contributed by atoms with E-state index in [4.69, 9.17) is 4.74 Å². The Bertz CT molecular complexity index is 839. The Balaban J connectivity index is 1.97. The van der Waals surface area contributed by atoms with Crippen molar-refractivity contribution >= 4 is 17.5 Å². The van der Waals surface area contributed by atoms with Crippen molar-refractivity contribution in [3.8, 4) is 0 Å². The summed E-state index contributed by atoms with van der Waals surface area (Å²) in [6.07, 6.45) is 0. The van der Waals surface area contributed by atoms with Crippen molar-refractivity contribution in [3.63, 3.8) is 0 Å². The first-order valence-corrected chi connectivity index (χ1v) is 8.69. The molecular formula is C21H22N2O3. The van der Waals surface area contributed by atoms with E-state index in [2.05, 4.69) is 10.5 Å². The van der Waals surface area contributed by atoms with Crippen molar-refractivity contribution in [2.75, 3.05) is 6.61 Å². The largest absolute Gasteiger partial charge is 0.464 e. The Morgan fingerprint density at radius 3 is 2.15 bits per heavy atom. The molecule has 0 amide bonds. The van der Waals surface area contributed by atoms with E-state index >= 15 is 0 Å². The summed E-state index contributed by atoms with van der Waals surface area (Å²) < 4.78 is 5.16. The van der Waals surface area contributed by atoms with Crippen molar-refractivity contribution in [1.29, 1.82) is 0 Å². The number of hydrogen-bond donors (Lipinski definition) is 1. The van der Waals surface area contributed by atoms with E-state index in [1.54, 1.807) is 19.1 Å². The molecule has 2 aromatic carbocycles. The van der Waals surface area contributed by atoms with Gasteiger partial charge in [-0.3, -0.25) is 10.2 Å². The number of hydrazone groups is 1. The Hall–Kier alpha value is -2.95. The lowest BCUT2D eigenvalue weighted by atomic mass is 9.85. The van der Waals surface area contributed by atoms with Crippen molar-refractivity contribution in [2.45, 2.75) is 32.7 Å². The van der Waals surface area contributed by atoms with Gasteiger partial charge in [0.1, 0.15) is 5.71 Å².